The Morgan fingerprint density at radius 3 is 2.61 bits per heavy atom. The minimum atomic E-state index is -0.146. The minimum absolute atomic E-state index is 0.120. The second-order valence-electron chi connectivity index (χ2n) is 3.91. The first-order chi connectivity index (χ1) is 8.61. The third-order valence-corrected chi connectivity index (χ3v) is 6.11. The van der Waals surface area contributed by atoms with Gasteiger partial charge in [-0.05, 0) is 63.0 Å². The van der Waals surface area contributed by atoms with E-state index in [9.17, 15) is 4.39 Å². The third-order valence-electron chi connectivity index (χ3n) is 2.74. The third kappa shape index (κ3) is 3.20. The summed E-state index contributed by atoms with van der Waals surface area (Å²) in [6, 6.07) is 9.10. The molecule has 0 radical (unpaired) electrons. The van der Waals surface area contributed by atoms with Gasteiger partial charge in [-0.15, -0.1) is 11.3 Å². The molecule has 1 nitrogen and oxygen atoms in total. The highest BCUT2D eigenvalue weighted by Gasteiger charge is 2.16. The van der Waals surface area contributed by atoms with E-state index in [1.807, 2.05) is 19.2 Å². The van der Waals surface area contributed by atoms with Gasteiger partial charge in [0.15, 0.2) is 0 Å². The molecular weight excluding hydrogens is 381 g/mol. The smallest absolute Gasteiger partial charge is 0.126 e. The van der Waals surface area contributed by atoms with Crippen LogP contribution in [-0.2, 0) is 6.42 Å². The average molecular weight is 393 g/mol. The fourth-order valence-electron chi connectivity index (χ4n) is 1.76. The molecule has 1 heterocycles. The maximum atomic E-state index is 13.6. The van der Waals surface area contributed by atoms with Gasteiger partial charge in [-0.1, -0.05) is 18.2 Å². The Hall–Kier alpha value is -0.230. The van der Waals surface area contributed by atoms with E-state index in [-0.39, 0.29) is 11.9 Å². The maximum Gasteiger partial charge on any atom is 0.126 e. The number of rotatable bonds is 4. The molecule has 0 aliphatic carbocycles. The van der Waals surface area contributed by atoms with Gasteiger partial charge in [0.05, 0.1) is 3.79 Å². The van der Waals surface area contributed by atoms with Crippen LogP contribution < -0.4 is 5.32 Å². The van der Waals surface area contributed by atoms with Crippen molar-refractivity contribution in [2.45, 2.75) is 12.5 Å². The normalized spacial score (nSPS) is 12.7. The van der Waals surface area contributed by atoms with Gasteiger partial charge in [0, 0.05) is 15.4 Å². The van der Waals surface area contributed by atoms with Crippen LogP contribution >= 0.6 is 43.2 Å². The fraction of sp³-hybridized carbons (Fsp3) is 0.231. The highest BCUT2D eigenvalue weighted by molar-refractivity contribution is 9.13. The molecule has 1 aromatic carbocycles. The molecule has 0 saturated carbocycles. The molecule has 2 rings (SSSR count). The number of likely N-dealkylation sites (N-methyl/N-ethyl adjacent to an activating group) is 1. The molecular formula is C13H12Br2FNS. The molecule has 0 bridgehead atoms. The van der Waals surface area contributed by atoms with Crippen molar-refractivity contribution >= 4 is 43.2 Å². The van der Waals surface area contributed by atoms with E-state index in [0.717, 1.165) is 13.8 Å². The number of halogens is 3. The molecule has 5 heteroatoms. The summed E-state index contributed by atoms with van der Waals surface area (Å²) in [4.78, 5) is 1.18. The zero-order chi connectivity index (χ0) is 13.1. The van der Waals surface area contributed by atoms with Crippen molar-refractivity contribution in [2.75, 3.05) is 7.05 Å². The quantitative estimate of drug-likeness (QED) is 0.778. The van der Waals surface area contributed by atoms with E-state index in [1.54, 1.807) is 17.4 Å². The summed E-state index contributed by atoms with van der Waals surface area (Å²) in [7, 11) is 1.90. The summed E-state index contributed by atoms with van der Waals surface area (Å²) in [5.41, 5.74) is 0.734. The molecule has 1 atom stereocenters. The highest BCUT2D eigenvalue weighted by atomic mass is 79.9. The van der Waals surface area contributed by atoms with E-state index >= 15 is 0 Å². The molecule has 0 amide bonds. The first-order valence-corrected chi connectivity index (χ1v) is 7.87. The van der Waals surface area contributed by atoms with Gasteiger partial charge >= 0.3 is 0 Å². The van der Waals surface area contributed by atoms with Gasteiger partial charge in [-0.2, -0.15) is 0 Å². The Labute approximate surface area is 127 Å². The van der Waals surface area contributed by atoms with E-state index in [0.29, 0.717) is 6.42 Å². The summed E-state index contributed by atoms with van der Waals surface area (Å²) >= 11 is 8.62. The summed E-state index contributed by atoms with van der Waals surface area (Å²) in [5.74, 6) is -0.146. The van der Waals surface area contributed by atoms with Crippen LogP contribution in [-0.4, -0.2) is 7.05 Å². The van der Waals surface area contributed by atoms with E-state index in [2.05, 4.69) is 43.2 Å². The molecule has 1 N–H and O–H groups in total. The van der Waals surface area contributed by atoms with Gasteiger partial charge < -0.3 is 5.32 Å². The lowest BCUT2D eigenvalue weighted by atomic mass is 10.0. The molecule has 96 valence electrons. The van der Waals surface area contributed by atoms with Crippen LogP contribution in [0.5, 0.6) is 0 Å². The van der Waals surface area contributed by atoms with Crippen molar-refractivity contribution < 1.29 is 4.39 Å². The highest BCUT2D eigenvalue weighted by Crippen LogP contribution is 2.36. The molecule has 1 aromatic heterocycles. The van der Waals surface area contributed by atoms with Crippen LogP contribution in [0.25, 0.3) is 0 Å². The molecule has 0 saturated heterocycles. The Morgan fingerprint density at radius 1 is 1.33 bits per heavy atom. The summed E-state index contributed by atoms with van der Waals surface area (Å²) in [5, 5.41) is 3.24. The van der Waals surface area contributed by atoms with Crippen molar-refractivity contribution in [1.29, 1.82) is 0 Å². The molecule has 0 fully saturated rings. The summed E-state index contributed by atoms with van der Waals surface area (Å²) in [6.07, 6.45) is 0.641. The molecule has 1 unspecified atom stereocenters. The van der Waals surface area contributed by atoms with Crippen LogP contribution in [0.2, 0.25) is 0 Å². The van der Waals surface area contributed by atoms with E-state index in [4.69, 9.17) is 0 Å². The van der Waals surface area contributed by atoms with Gasteiger partial charge in [0.2, 0.25) is 0 Å². The van der Waals surface area contributed by atoms with Crippen molar-refractivity contribution in [3.05, 3.63) is 54.8 Å². The van der Waals surface area contributed by atoms with Crippen LogP contribution in [0.15, 0.2) is 38.6 Å². The number of thiophene rings is 1. The Morgan fingerprint density at radius 2 is 2.06 bits per heavy atom. The topological polar surface area (TPSA) is 12.0 Å². The second-order valence-corrected chi connectivity index (χ2v) is 7.16. The predicted molar refractivity (Wildman–Crippen MR) is 81.6 cm³/mol. The van der Waals surface area contributed by atoms with Crippen LogP contribution in [0.1, 0.15) is 16.5 Å². The number of nitrogens with one attached hydrogen (secondary N) is 1. The number of benzene rings is 1. The van der Waals surface area contributed by atoms with Gasteiger partial charge in [0.25, 0.3) is 0 Å². The molecule has 2 aromatic rings. The van der Waals surface area contributed by atoms with Crippen molar-refractivity contribution in [3.8, 4) is 0 Å². The zero-order valence-electron chi connectivity index (χ0n) is 9.71. The first-order valence-electron chi connectivity index (χ1n) is 5.47. The largest absolute Gasteiger partial charge is 0.312 e. The average Bonchev–Trinajstić information content (AvgIpc) is 2.68. The van der Waals surface area contributed by atoms with Crippen molar-refractivity contribution in [1.82, 2.24) is 5.32 Å². The Balaban J connectivity index is 2.22. The lowest BCUT2D eigenvalue weighted by Crippen LogP contribution is -2.18. The Bertz CT molecular complexity index is 522. The van der Waals surface area contributed by atoms with E-state index < -0.39 is 0 Å². The van der Waals surface area contributed by atoms with Gasteiger partial charge in [-0.25, -0.2) is 4.39 Å². The van der Waals surface area contributed by atoms with Gasteiger partial charge in [-0.3, -0.25) is 0 Å². The predicted octanol–water partition coefficient (Wildman–Crippen LogP) is 4.92. The summed E-state index contributed by atoms with van der Waals surface area (Å²) in [6.45, 7) is 0. The molecule has 0 aliphatic rings. The van der Waals surface area contributed by atoms with Gasteiger partial charge in [0.1, 0.15) is 5.82 Å². The lowest BCUT2D eigenvalue weighted by molar-refractivity contribution is 0.560. The number of hydrogen-bond donors (Lipinski definition) is 1. The molecule has 18 heavy (non-hydrogen) atoms. The second kappa shape index (κ2) is 6.28. The maximum absolute atomic E-state index is 13.6. The standard InChI is InChI=1S/C13H12Br2FNS/c1-17-11(12-7-9(14)13(15)18-12)6-8-4-2-3-5-10(8)16/h2-5,7,11,17H,6H2,1H3. The fourth-order valence-corrected chi connectivity index (χ4v) is 3.96. The van der Waals surface area contributed by atoms with Crippen LogP contribution in [0.4, 0.5) is 4.39 Å². The first kappa shape index (κ1) is 14.2. The Kier molecular flexibility index (Phi) is 4.95. The lowest BCUT2D eigenvalue weighted by Gasteiger charge is -2.14. The summed E-state index contributed by atoms with van der Waals surface area (Å²) < 4.78 is 15.7. The number of hydrogen-bond acceptors (Lipinski definition) is 2. The SMILES string of the molecule is CNC(Cc1ccccc1F)c1cc(Br)c(Br)s1. The zero-order valence-corrected chi connectivity index (χ0v) is 13.7. The van der Waals surface area contributed by atoms with Crippen LogP contribution in [0.3, 0.4) is 0 Å². The monoisotopic (exact) mass is 391 g/mol. The molecule has 0 aliphatic heterocycles. The van der Waals surface area contributed by atoms with Crippen LogP contribution in [0, 0.1) is 5.82 Å². The van der Waals surface area contributed by atoms with Crippen molar-refractivity contribution in [3.63, 3.8) is 0 Å². The minimum Gasteiger partial charge on any atom is -0.312 e. The molecule has 0 spiro atoms. The van der Waals surface area contributed by atoms with E-state index in [1.165, 1.54) is 10.9 Å². The van der Waals surface area contributed by atoms with Crippen molar-refractivity contribution in [2.24, 2.45) is 0 Å².